The number of nitrogens with zero attached hydrogens (tertiary/aromatic N) is 1. The van der Waals surface area contributed by atoms with E-state index in [0.717, 1.165) is 6.42 Å². The first-order chi connectivity index (χ1) is 7.85. The molecule has 0 aliphatic carbocycles. The summed E-state index contributed by atoms with van der Waals surface area (Å²) in [5.41, 5.74) is 5.54. The quantitative estimate of drug-likeness (QED) is 0.806. The lowest BCUT2D eigenvalue weighted by atomic mass is 10.0. The van der Waals surface area contributed by atoms with Gasteiger partial charge in [-0.15, -0.1) is 0 Å². The van der Waals surface area contributed by atoms with Gasteiger partial charge in [0.1, 0.15) is 13.2 Å². The van der Waals surface area contributed by atoms with E-state index >= 15 is 0 Å². The fraction of sp³-hybridized carbons (Fsp3) is 0.900. The van der Waals surface area contributed by atoms with E-state index in [2.05, 4.69) is 4.74 Å². The third kappa shape index (κ3) is 4.16. The fourth-order valence-electron chi connectivity index (χ4n) is 2.01. The normalized spacial score (nSPS) is 25.4. The second kappa shape index (κ2) is 5.68. The molecule has 2 unspecified atom stereocenters. The van der Waals surface area contributed by atoms with Gasteiger partial charge >= 0.3 is 6.18 Å². The number of nitrogens with two attached hydrogens (primary N) is 1. The molecule has 4 nitrogen and oxygen atoms in total. The molecule has 0 radical (unpaired) electrons. The van der Waals surface area contributed by atoms with Crippen molar-refractivity contribution in [2.24, 2.45) is 11.7 Å². The SMILES string of the molecule is CC1CCN(C(=O)COCC(F)(F)F)C1CN. The molecule has 1 heterocycles. The van der Waals surface area contributed by atoms with Crippen molar-refractivity contribution in [2.45, 2.75) is 25.6 Å². The van der Waals surface area contributed by atoms with Gasteiger partial charge in [-0.05, 0) is 12.3 Å². The van der Waals surface area contributed by atoms with E-state index in [9.17, 15) is 18.0 Å². The van der Waals surface area contributed by atoms with Gasteiger partial charge in [0.05, 0.1) is 0 Å². The number of rotatable bonds is 4. The summed E-state index contributed by atoms with van der Waals surface area (Å²) < 4.78 is 39.8. The van der Waals surface area contributed by atoms with Gasteiger partial charge in [-0.25, -0.2) is 0 Å². The van der Waals surface area contributed by atoms with Crippen LogP contribution in [0.5, 0.6) is 0 Å². The Hall–Kier alpha value is -0.820. The summed E-state index contributed by atoms with van der Waals surface area (Å²) in [7, 11) is 0. The minimum absolute atomic E-state index is 0.0861. The predicted molar refractivity (Wildman–Crippen MR) is 55.2 cm³/mol. The zero-order chi connectivity index (χ0) is 13.1. The number of alkyl halides is 3. The molecule has 0 aromatic carbocycles. The Balaban J connectivity index is 2.38. The Morgan fingerprint density at radius 1 is 1.53 bits per heavy atom. The number of hydrogen-bond acceptors (Lipinski definition) is 3. The topological polar surface area (TPSA) is 55.6 Å². The average Bonchev–Trinajstić information content (AvgIpc) is 2.57. The highest BCUT2D eigenvalue weighted by Gasteiger charge is 2.34. The van der Waals surface area contributed by atoms with Crippen LogP contribution >= 0.6 is 0 Å². The van der Waals surface area contributed by atoms with Crippen molar-refractivity contribution in [3.63, 3.8) is 0 Å². The van der Waals surface area contributed by atoms with E-state index in [1.165, 1.54) is 4.90 Å². The minimum atomic E-state index is -4.40. The first kappa shape index (κ1) is 14.2. The van der Waals surface area contributed by atoms with Crippen molar-refractivity contribution in [3.8, 4) is 0 Å². The van der Waals surface area contributed by atoms with Crippen LogP contribution in [0.4, 0.5) is 13.2 Å². The summed E-state index contributed by atoms with van der Waals surface area (Å²) in [5.74, 6) is -0.138. The average molecular weight is 254 g/mol. The molecule has 7 heteroatoms. The van der Waals surface area contributed by atoms with E-state index in [4.69, 9.17) is 5.73 Å². The molecular weight excluding hydrogens is 237 g/mol. The molecule has 2 N–H and O–H groups in total. The van der Waals surface area contributed by atoms with Crippen LogP contribution in [0.3, 0.4) is 0 Å². The molecule has 1 rings (SSSR count). The minimum Gasteiger partial charge on any atom is -0.362 e. The molecule has 0 aromatic rings. The smallest absolute Gasteiger partial charge is 0.362 e. The number of carbonyl (C=O) groups is 1. The second-order valence-electron chi connectivity index (χ2n) is 4.26. The maximum Gasteiger partial charge on any atom is 0.411 e. The molecule has 0 bridgehead atoms. The van der Waals surface area contributed by atoms with E-state index < -0.39 is 25.3 Å². The maximum atomic E-state index is 11.8. The van der Waals surface area contributed by atoms with Crippen LogP contribution in [0.25, 0.3) is 0 Å². The number of ether oxygens (including phenoxy) is 1. The summed E-state index contributed by atoms with van der Waals surface area (Å²) >= 11 is 0. The third-order valence-corrected chi connectivity index (χ3v) is 2.94. The Labute approximate surface area is 97.9 Å². The van der Waals surface area contributed by atoms with Crippen LogP contribution < -0.4 is 5.73 Å². The van der Waals surface area contributed by atoms with Crippen molar-refractivity contribution in [1.82, 2.24) is 4.90 Å². The first-order valence-corrected chi connectivity index (χ1v) is 5.49. The summed E-state index contributed by atoms with van der Waals surface area (Å²) in [5, 5.41) is 0. The Bertz CT molecular complexity index is 271. The van der Waals surface area contributed by atoms with Crippen LogP contribution in [0.1, 0.15) is 13.3 Å². The summed E-state index contributed by atoms with van der Waals surface area (Å²) in [6, 6.07) is -0.0861. The summed E-state index contributed by atoms with van der Waals surface area (Å²) in [6.45, 7) is 0.906. The molecule has 100 valence electrons. The molecule has 2 atom stereocenters. The Morgan fingerprint density at radius 3 is 2.71 bits per heavy atom. The first-order valence-electron chi connectivity index (χ1n) is 5.49. The van der Waals surface area contributed by atoms with Gasteiger partial charge in [0, 0.05) is 19.1 Å². The largest absolute Gasteiger partial charge is 0.411 e. The summed E-state index contributed by atoms with van der Waals surface area (Å²) in [4.78, 5) is 13.1. The molecule has 1 fully saturated rings. The van der Waals surface area contributed by atoms with Crippen LogP contribution in [-0.4, -0.2) is 49.3 Å². The monoisotopic (exact) mass is 254 g/mol. The van der Waals surface area contributed by atoms with Crippen LogP contribution in [-0.2, 0) is 9.53 Å². The van der Waals surface area contributed by atoms with Crippen LogP contribution in [0.15, 0.2) is 0 Å². The van der Waals surface area contributed by atoms with Crippen molar-refractivity contribution in [2.75, 3.05) is 26.3 Å². The van der Waals surface area contributed by atoms with E-state index in [0.29, 0.717) is 13.1 Å². The van der Waals surface area contributed by atoms with Gasteiger partial charge < -0.3 is 15.4 Å². The molecule has 1 aliphatic rings. The van der Waals surface area contributed by atoms with Gasteiger partial charge in [-0.2, -0.15) is 13.2 Å². The zero-order valence-corrected chi connectivity index (χ0v) is 9.67. The Kier molecular flexibility index (Phi) is 4.76. The van der Waals surface area contributed by atoms with E-state index in [1.807, 2.05) is 6.92 Å². The highest BCUT2D eigenvalue weighted by Crippen LogP contribution is 2.23. The van der Waals surface area contributed by atoms with Gasteiger partial charge in [-0.3, -0.25) is 4.79 Å². The van der Waals surface area contributed by atoms with Gasteiger partial charge in [0.25, 0.3) is 0 Å². The third-order valence-electron chi connectivity index (χ3n) is 2.94. The molecule has 17 heavy (non-hydrogen) atoms. The highest BCUT2D eigenvalue weighted by molar-refractivity contribution is 5.78. The molecule has 1 saturated heterocycles. The highest BCUT2D eigenvalue weighted by atomic mass is 19.4. The van der Waals surface area contributed by atoms with E-state index in [1.54, 1.807) is 0 Å². The number of hydrogen-bond donors (Lipinski definition) is 1. The molecule has 0 saturated carbocycles. The van der Waals surface area contributed by atoms with Crippen molar-refractivity contribution >= 4 is 5.91 Å². The zero-order valence-electron chi connectivity index (χ0n) is 9.67. The van der Waals surface area contributed by atoms with Gasteiger partial charge in [-0.1, -0.05) is 6.92 Å². The second-order valence-corrected chi connectivity index (χ2v) is 4.26. The lowest BCUT2D eigenvalue weighted by Gasteiger charge is -2.25. The van der Waals surface area contributed by atoms with Crippen LogP contribution in [0.2, 0.25) is 0 Å². The van der Waals surface area contributed by atoms with E-state index in [-0.39, 0.29) is 12.0 Å². The number of amides is 1. The lowest BCUT2D eigenvalue weighted by molar-refractivity contribution is -0.178. The number of halogens is 3. The number of likely N-dealkylation sites (tertiary alicyclic amines) is 1. The van der Waals surface area contributed by atoms with Crippen molar-refractivity contribution in [3.05, 3.63) is 0 Å². The fourth-order valence-corrected chi connectivity index (χ4v) is 2.01. The molecule has 0 aromatic heterocycles. The van der Waals surface area contributed by atoms with Crippen LogP contribution in [0, 0.1) is 5.92 Å². The molecular formula is C10H17F3N2O2. The molecule has 0 spiro atoms. The lowest BCUT2D eigenvalue weighted by Crippen LogP contribution is -2.44. The Morgan fingerprint density at radius 2 is 2.18 bits per heavy atom. The standard InChI is InChI=1S/C10H17F3N2O2/c1-7-2-3-15(8(7)4-14)9(16)5-17-6-10(11,12)13/h7-8H,2-6,14H2,1H3. The predicted octanol–water partition coefficient (Wildman–Crippen LogP) is 0.761. The molecule has 1 amide bonds. The van der Waals surface area contributed by atoms with Gasteiger partial charge in [0.2, 0.25) is 5.91 Å². The van der Waals surface area contributed by atoms with Crippen molar-refractivity contribution in [1.29, 1.82) is 0 Å². The number of carbonyl (C=O) groups excluding carboxylic acids is 1. The molecule has 1 aliphatic heterocycles. The summed E-state index contributed by atoms with van der Waals surface area (Å²) in [6.07, 6.45) is -3.57. The maximum absolute atomic E-state index is 11.8. The van der Waals surface area contributed by atoms with Crippen molar-refractivity contribution < 1.29 is 22.7 Å². The van der Waals surface area contributed by atoms with Gasteiger partial charge in [0.15, 0.2) is 0 Å².